The number of methoxy groups -OCH3 is 1. The summed E-state index contributed by atoms with van der Waals surface area (Å²) in [6, 6.07) is 7.29. The molecule has 0 aromatic heterocycles. The van der Waals surface area contributed by atoms with Crippen molar-refractivity contribution < 1.29 is 49.0 Å². The van der Waals surface area contributed by atoms with Crippen LogP contribution >= 0.6 is 0 Å². The molecule has 35 heavy (non-hydrogen) atoms. The number of rotatable bonds is 6. The molecule has 0 unspecified atom stereocenters. The van der Waals surface area contributed by atoms with E-state index in [0.717, 1.165) is 12.1 Å². The summed E-state index contributed by atoms with van der Waals surface area (Å²) in [6.07, 6.45) is 0. The van der Waals surface area contributed by atoms with E-state index in [1.54, 1.807) is 6.92 Å². The third-order valence-corrected chi connectivity index (χ3v) is 5.12. The van der Waals surface area contributed by atoms with Crippen LogP contribution in [0.1, 0.15) is 47.8 Å². The predicted molar refractivity (Wildman–Crippen MR) is 122 cm³/mol. The van der Waals surface area contributed by atoms with Gasteiger partial charge in [-0.1, -0.05) is 0 Å². The fourth-order valence-electron chi connectivity index (χ4n) is 3.61. The SMILES string of the molecule is COc1cc(OC(=O)c2c(C)cc(O)cc2O)cc(C)c1C(=O)Oc1cc(C)c(C(=O)O)c(O)c1. The summed E-state index contributed by atoms with van der Waals surface area (Å²) in [4.78, 5) is 36.7. The lowest BCUT2D eigenvalue weighted by atomic mass is 10.1. The van der Waals surface area contributed by atoms with E-state index in [-0.39, 0.29) is 45.3 Å². The summed E-state index contributed by atoms with van der Waals surface area (Å²) < 4.78 is 15.9. The van der Waals surface area contributed by atoms with Gasteiger partial charge in [-0.25, -0.2) is 14.4 Å². The van der Waals surface area contributed by atoms with Gasteiger partial charge in [0.15, 0.2) is 0 Å². The molecular weight excluding hydrogens is 460 g/mol. The average molecular weight is 482 g/mol. The lowest BCUT2D eigenvalue weighted by Gasteiger charge is -2.15. The van der Waals surface area contributed by atoms with Crippen molar-refractivity contribution in [3.05, 3.63) is 69.8 Å². The zero-order valence-corrected chi connectivity index (χ0v) is 19.2. The van der Waals surface area contributed by atoms with Crippen molar-refractivity contribution >= 4 is 17.9 Å². The van der Waals surface area contributed by atoms with Gasteiger partial charge in [-0.3, -0.25) is 0 Å². The van der Waals surface area contributed by atoms with Gasteiger partial charge in [-0.15, -0.1) is 0 Å². The van der Waals surface area contributed by atoms with E-state index in [0.29, 0.717) is 11.1 Å². The third kappa shape index (κ3) is 5.11. The third-order valence-electron chi connectivity index (χ3n) is 5.12. The molecule has 0 aliphatic carbocycles. The standard InChI is InChI=1S/C25H22O10/c1-11-5-14(26)8-17(27)21(11)24(31)35-16-7-13(3)22(19(10-16)33-4)25(32)34-15-6-12(2)20(23(29)30)18(28)9-15/h5-10,26-28H,1-4H3,(H,29,30). The number of phenolic OH excluding ortho intramolecular Hbond substituents is 2. The first kappa shape index (κ1) is 24.9. The molecule has 3 aromatic carbocycles. The van der Waals surface area contributed by atoms with Crippen LogP contribution in [0.4, 0.5) is 0 Å². The number of aromatic carboxylic acids is 1. The van der Waals surface area contributed by atoms with Crippen LogP contribution in [0.5, 0.6) is 34.5 Å². The number of aromatic hydroxyl groups is 3. The number of carboxylic acids is 1. The van der Waals surface area contributed by atoms with Crippen LogP contribution in [0.2, 0.25) is 0 Å². The Balaban J connectivity index is 1.90. The lowest BCUT2D eigenvalue weighted by Crippen LogP contribution is -2.14. The Morgan fingerprint density at radius 3 is 1.66 bits per heavy atom. The molecule has 0 aliphatic rings. The largest absolute Gasteiger partial charge is 0.508 e. The molecule has 0 heterocycles. The first-order valence-electron chi connectivity index (χ1n) is 10.1. The highest BCUT2D eigenvalue weighted by Gasteiger charge is 2.23. The summed E-state index contributed by atoms with van der Waals surface area (Å²) in [5.74, 6) is -4.32. The van der Waals surface area contributed by atoms with Gasteiger partial charge >= 0.3 is 17.9 Å². The van der Waals surface area contributed by atoms with Gasteiger partial charge in [0, 0.05) is 18.2 Å². The van der Waals surface area contributed by atoms with E-state index in [4.69, 9.17) is 19.3 Å². The normalized spacial score (nSPS) is 10.5. The van der Waals surface area contributed by atoms with Crippen molar-refractivity contribution in [2.24, 2.45) is 0 Å². The second kappa shape index (κ2) is 9.64. The van der Waals surface area contributed by atoms with Crippen molar-refractivity contribution in [3.8, 4) is 34.5 Å². The molecule has 3 aromatic rings. The van der Waals surface area contributed by atoms with E-state index in [9.17, 15) is 29.7 Å². The summed E-state index contributed by atoms with van der Waals surface area (Å²) >= 11 is 0. The molecule has 0 aliphatic heterocycles. The second-order valence-corrected chi connectivity index (χ2v) is 7.69. The highest BCUT2D eigenvalue weighted by atomic mass is 16.5. The van der Waals surface area contributed by atoms with Crippen molar-refractivity contribution in [2.45, 2.75) is 20.8 Å². The van der Waals surface area contributed by atoms with Crippen molar-refractivity contribution in [1.82, 2.24) is 0 Å². The molecular formula is C25H22O10. The van der Waals surface area contributed by atoms with Crippen LogP contribution in [-0.2, 0) is 0 Å². The number of aryl methyl sites for hydroxylation is 3. The molecule has 0 atom stereocenters. The van der Waals surface area contributed by atoms with E-state index < -0.39 is 29.4 Å². The van der Waals surface area contributed by atoms with Crippen molar-refractivity contribution in [1.29, 1.82) is 0 Å². The van der Waals surface area contributed by atoms with E-state index >= 15 is 0 Å². The zero-order chi connectivity index (χ0) is 26.0. The van der Waals surface area contributed by atoms with Gasteiger partial charge in [0.25, 0.3) is 0 Å². The topological polar surface area (TPSA) is 160 Å². The maximum Gasteiger partial charge on any atom is 0.347 e. The van der Waals surface area contributed by atoms with Gasteiger partial charge in [0.05, 0.1) is 7.11 Å². The fourth-order valence-corrected chi connectivity index (χ4v) is 3.61. The van der Waals surface area contributed by atoms with Crippen LogP contribution in [0.3, 0.4) is 0 Å². The summed E-state index contributed by atoms with van der Waals surface area (Å²) in [5, 5.41) is 38.7. The Hall–Kier alpha value is -4.73. The minimum atomic E-state index is -1.32. The Kier molecular flexibility index (Phi) is 6.86. The zero-order valence-electron chi connectivity index (χ0n) is 19.2. The molecule has 4 N–H and O–H groups in total. The van der Waals surface area contributed by atoms with Gasteiger partial charge in [0.2, 0.25) is 0 Å². The van der Waals surface area contributed by atoms with E-state index in [1.165, 1.54) is 45.2 Å². The number of phenols is 3. The quantitative estimate of drug-likeness (QED) is 0.300. The van der Waals surface area contributed by atoms with Crippen LogP contribution in [-0.4, -0.2) is 45.4 Å². The number of hydrogen-bond donors (Lipinski definition) is 4. The van der Waals surface area contributed by atoms with Gasteiger partial charge in [-0.05, 0) is 55.7 Å². The number of carbonyl (C=O) groups excluding carboxylic acids is 2. The lowest BCUT2D eigenvalue weighted by molar-refractivity contribution is 0.0689. The highest BCUT2D eigenvalue weighted by molar-refractivity contribution is 5.98. The molecule has 0 radical (unpaired) electrons. The smallest absolute Gasteiger partial charge is 0.347 e. The second-order valence-electron chi connectivity index (χ2n) is 7.69. The predicted octanol–water partition coefficient (Wildman–Crippen LogP) is 3.87. The average Bonchev–Trinajstić information content (AvgIpc) is 2.71. The first-order chi connectivity index (χ1) is 16.4. The van der Waals surface area contributed by atoms with Crippen LogP contribution < -0.4 is 14.2 Å². The van der Waals surface area contributed by atoms with Crippen LogP contribution in [0, 0.1) is 20.8 Å². The van der Waals surface area contributed by atoms with Crippen LogP contribution in [0.25, 0.3) is 0 Å². The van der Waals surface area contributed by atoms with Crippen molar-refractivity contribution in [2.75, 3.05) is 7.11 Å². The number of carboxylic acid groups (broad SMARTS) is 1. The Bertz CT molecular complexity index is 1310. The summed E-state index contributed by atoms with van der Waals surface area (Å²) in [7, 11) is 1.30. The Morgan fingerprint density at radius 2 is 1.14 bits per heavy atom. The van der Waals surface area contributed by atoms with Crippen molar-refractivity contribution in [3.63, 3.8) is 0 Å². The Morgan fingerprint density at radius 1 is 0.657 bits per heavy atom. The van der Waals surface area contributed by atoms with Gasteiger partial charge in [0.1, 0.15) is 51.2 Å². The number of ether oxygens (including phenoxy) is 3. The number of esters is 2. The fraction of sp³-hybridized carbons (Fsp3) is 0.160. The van der Waals surface area contributed by atoms with E-state index in [1.807, 2.05) is 0 Å². The van der Waals surface area contributed by atoms with Gasteiger partial charge in [-0.2, -0.15) is 0 Å². The monoisotopic (exact) mass is 482 g/mol. The molecule has 0 saturated heterocycles. The van der Waals surface area contributed by atoms with E-state index in [2.05, 4.69) is 0 Å². The molecule has 3 rings (SSSR count). The molecule has 182 valence electrons. The maximum atomic E-state index is 12.9. The number of benzene rings is 3. The molecule has 0 bridgehead atoms. The van der Waals surface area contributed by atoms with Gasteiger partial charge < -0.3 is 34.6 Å². The van der Waals surface area contributed by atoms with Crippen LogP contribution in [0.15, 0.2) is 36.4 Å². The number of carbonyl (C=O) groups is 3. The Labute approximate surface area is 199 Å². The minimum absolute atomic E-state index is 0.00964. The molecule has 10 heteroatoms. The number of hydrogen-bond acceptors (Lipinski definition) is 9. The minimum Gasteiger partial charge on any atom is -0.508 e. The molecule has 0 spiro atoms. The molecule has 0 amide bonds. The molecule has 10 nitrogen and oxygen atoms in total. The molecule has 0 fully saturated rings. The molecule has 0 saturated carbocycles. The summed E-state index contributed by atoms with van der Waals surface area (Å²) in [5.41, 5.74) is 0.382. The maximum absolute atomic E-state index is 12.9. The highest BCUT2D eigenvalue weighted by Crippen LogP contribution is 2.33. The summed E-state index contributed by atoms with van der Waals surface area (Å²) in [6.45, 7) is 4.52. The first-order valence-corrected chi connectivity index (χ1v) is 10.1.